The van der Waals surface area contributed by atoms with Crippen molar-refractivity contribution in [1.82, 2.24) is 4.90 Å². The zero-order valence-corrected chi connectivity index (χ0v) is 13.7. The molecular formula is C18H27NO3. The second-order valence-electron chi connectivity index (χ2n) is 5.88. The molecule has 0 atom stereocenters. The summed E-state index contributed by atoms with van der Waals surface area (Å²) >= 11 is 0. The number of rotatable bonds is 7. The van der Waals surface area contributed by atoms with Gasteiger partial charge in [-0.2, -0.15) is 0 Å². The molecule has 0 radical (unpaired) electrons. The number of piperidine rings is 1. The Morgan fingerprint density at radius 1 is 1.23 bits per heavy atom. The number of hydrogen-bond acceptors (Lipinski definition) is 4. The normalized spacial score (nSPS) is 16.5. The molecule has 0 N–H and O–H groups in total. The van der Waals surface area contributed by atoms with Gasteiger partial charge >= 0.3 is 5.97 Å². The largest absolute Gasteiger partial charge is 0.494 e. The molecule has 1 aliphatic rings. The fraction of sp³-hybridized carbons (Fsp3) is 0.611. The van der Waals surface area contributed by atoms with E-state index in [4.69, 9.17) is 9.47 Å². The molecule has 0 amide bonds. The van der Waals surface area contributed by atoms with Crippen LogP contribution in [0, 0.1) is 12.8 Å². The van der Waals surface area contributed by atoms with Gasteiger partial charge in [-0.15, -0.1) is 0 Å². The van der Waals surface area contributed by atoms with Crippen molar-refractivity contribution >= 4 is 5.97 Å². The van der Waals surface area contributed by atoms with Crippen LogP contribution in [0.3, 0.4) is 0 Å². The molecule has 1 aromatic carbocycles. The highest BCUT2D eigenvalue weighted by molar-refractivity contribution is 5.72. The lowest BCUT2D eigenvalue weighted by Gasteiger charge is -2.30. The van der Waals surface area contributed by atoms with Crippen molar-refractivity contribution < 1.29 is 14.3 Å². The van der Waals surface area contributed by atoms with Crippen molar-refractivity contribution in [2.45, 2.75) is 33.1 Å². The van der Waals surface area contributed by atoms with Gasteiger partial charge in [0.1, 0.15) is 5.75 Å². The second kappa shape index (κ2) is 8.79. The first-order valence-corrected chi connectivity index (χ1v) is 8.27. The standard InChI is InChI=1S/C18H27NO3/c1-3-21-18(20)16-9-12-19(13-10-16)11-4-14-22-17-7-5-15(2)6-8-17/h5-8,16H,3-4,9-14H2,1-2H3. The van der Waals surface area contributed by atoms with Gasteiger partial charge in [-0.25, -0.2) is 0 Å². The minimum atomic E-state index is -0.0233. The van der Waals surface area contributed by atoms with Gasteiger partial charge in [0.15, 0.2) is 0 Å². The molecule has 2 rings (SSSR count). The van der Waals surface area contributed by atoms with E-state index in [0.717, 1.165) is 51.3 Å². The minimum absolute atomic E-state index is 0.0233. The first-order chi connectivity index (χ1) is 10.7. The highest BCUT2D eigenvalue weighted by Crippen LogP contribution is 2.19. The molecule has 122 valence electrons. The van der Waals surface area contributed by atoms with Crippen LogP contribution in [0.25, 0.3) is 0 Å². The van der Waals surface area contributed by atoms with Crippen LogP contribution < -0.4 is 4.74 Å². The average Bonchev–Trinajstić information content (AvgIpc) is 2.54. The highest BCUT2D eigenvalue weighted by atomic mass is 16.5. The molecular weight excluding hydrogens is 278 g/mol. The Kier molecular flexibility index (Phi) is 6.72. The van der Waals surface area contributed by atoms with Crippen LogP contribution in [0.4, 0.5) is 0 Å². The molecule has 1 aliphatic heterocycles. The number of carbonyl (C=O) groups excluding carboxylic acids is 1. The third-order valence-electron chi connectivity index (χ3n) is 4.12. The number of nitrogens with zero attached hydrogens (tertiary/aromatic N) is 1. The van der Waals surface area contributed by atoms with Crippen molar-refractivity contribution in [2.75, 3.05) is 32.8 Å². The summed E-state index contributed by atoms with van der Waals surface area (Å²) in [5.74, 6) is 1.01. The topological polar surface area (TPSA) is 38.8 Å². The van der Waals surface area contributed by atoms with Gasteiger partial charge in [0.25, 0.3) is 0 Å². The zero-order valence-electron chi connectivity index (χ0n) is 13.7. The van der Waals surface area contributed by atoms with E-state index in [9.17, 15) is 4.79 Å². The predicted molar refractivity (Wildman–Crippen MR) is 87.1 cm³/mol. The molecule has 0 aromatic heterocycles. The number of benzene rings is 1. The van der Waals surface area contributed by atoms with Crippen LogP contribution in [0.2, 0.25) is 0 Å². The van der Waals surface area contributed by atoms with Gasteiger partial charge in [-0.3, -0.25) is 4.79 Å². The maximum atomic E-state index is 11.7. The Bertz CT molecular complexity index is 450. The molecule has 0 bridgehead atoms. The molecule has 0 saturated carbocycles. The summed E-state index contributed by atoms with van der Waals surface area (Å²) in [7, 11) is 0. The quantitative estimate of drug-likeness (QED) is 0.573. The van der Waals surface area contributed by atoms with Gasteiger partial charge < -0.3 is 14.4 Å². The first kappa shape index (κ1) is 16.8. The van der Waals surface area contributed by atoms with Crippen molar-refractivity contribution in [3.63, 3.8) is 0 Å². The van der Waals surface area contributed by atoms with E-state index in [2.05, 4.69) is 24.0 Å². The molecule has 22 heavy (non-hydrogen) atoms. The van der Waals surface area contributed by atoms with Gasteiger partial charge in [-0.05, 0) is 58.3 Å². The van der Waals surface area contributed by atoms with E-state index in [0.29, 0.717) is 6.61 Å². The third-order valence-corrected chi connectivity index (χ3v) is 4.12. The molecule has 1 heterocycles. The number of likely N-dealkylation sites (tertiary alicyclic amines) is 1. The van der Waals surface area contributed by atoms with Crippen molar-refractivity contribution in [2.24, 2.45) is 5.92 Å². The van der Waals surface area contributed by atoms with Crippen molar-refractivity contribution in [1.29, 1.82) is 0 Å². The average molecular weight is 305 g/mol. The Balaban J connectivity index is 1.59. The van der Waals surface area contributed by atoms with Crippen LogP contribution in [0.1, 0.15) is 31.7 Å². The summed E-state index contributed by atoms with van der Waals surface area (Å²) in [5, 5.41) is 0. The minimum Gasteiger partial charge on any atom is -0.494 e. The number of hydrogen-bond donors (Lipinski definition) is 0. The molecule has 4 heteroatoms. The van der Waals surface area contributed by atoms with E-state index in [1.165, 1.54) is 5.56 Å². The van der Waals surface area contributed by atoms with Gasteiger partial charge in [0.2, 0.25) is 0 Å². The Morgan fingerprint density at radius 2 is 1.91 bits per heavy atom. The van der Waals surface area contributed by atoms with Crippen LogP contribution in [-0.4, -0.2) is 43.7 Å². The Hall–Kier alpha value is -1.55. The van der Waals surface area contributed by atoms with Gasteiger partial charge in [0.05, 0.1) is 19.1 Å². The summed E-state index contributed by atoms with van der Waals surface area (Å²) in [6.45, 7) is 8.14. The number of ether oxygens (including phenoxy) is 2. The molecule has 4 nitrogen and oxygen atoms in total. The summed E-state index contributed by atoms with van der Waals surface area (Å²) in [6, 6.07) is 8.16. The smallest absolute Gasteiger partial charge is 0.309 e. The lowest BCUT2D eigenvalue weighted by molar-refractivity contribution is -0.149. The van der Waals surface area contributed by atoms with Gasteiger partial charge in [0, 0.05) is 6.54 Å². The summed E-state index contributed by atoms with van der Waals surface area (Å²) < 4.78 is 10.8. The maximum absolute atomic E-state index is 11.7. The number of carbonyl (C=O) groups is 1. The van der Waals surface area contributed by atoms with E-state index in [1.807, 2.05) is 19.1 Å². The van der Waals surface area contributed by atoms with Crippen LogP contribution in [0.5, 0.6) is 5.75 Å². The van der Waals surface area contributed by atoms with Crippen LogP contribution in [0.15, 0.2) is 24.3 Å². The van der Waals surface area contributed by atoms with Crippen LogP contribution >= 0.6 is 0 Å². The first-order valence-electron chi connectivity index (χ1n) is 8.27. The maximum Gasteiger partial charge on any atom is 0.309 e. The number of aryl methyl sites for hydroxylation is 1. The van der Waals surface area contributed by atoms with Crippen molar-refractivity contribution in [3.8, 4) is 5.75 Å². The van der Waals surface area contributed by atoms with E-state index < -0.39 is 0 Å². The SMILES string of the molecule is CCOC(=O)C1CCN(CCCOc2ccc(C)cc2)CC1. The Morgan fingerprint density at radius 3 is 2.55 bits per heavy atom. The lowest BCUT2D eigenvalue weighted by atomic mass is 9.97. The van der Waals surface area contributed by atoms with E-state index in [-0.39, 0.29) is 11.9 Å². The predicted octanol–water partition coefficient (Wildman–Crippen LogP) is 3.04. The molecule has 0 spiro atoms. The second-order valence-corrected chi connectivity index (χ2v) is 5.88. The molecule has 0 unspecified atom stereocenters. The Labute approximate surface area is 133 Å². The van der Waals surface area contributed by atoms with Gasteiger partial charge in [-0.1, -0.05) is 17.7 Å². The molecule has 1 saturated heterocycles. The van der Waals surface area contributed by atoms with Crippen molar-refractivity contribution in [3.05, 3.63) is 29.8 Å². The fourth-order valence-corrected chi connectivity index (χ4v) is 2.77. The summed E-state index contributed by atoms with van der Waals surface area (Å²) in [5.41, 5.74) is 1.25. The fourth-order valence-electron chi connectivity index (χ4n) is 2.77. The highest BCUT2D eigenvalue weighted by Gasteiger charge is 2.25. The molecule has 0 aliphatic carbocycles. The van der Waals surface area contributed by atoms with E-state index >= 15 is 0 Å². The molecule has 1 aromatic rings. The van der Waals surface area contributed by atoms with Crippen LogP contribution in [-0.2, 0) is 9.53 Å². The van der Waals surface area contributed by atoms with E-state index in [1.54, 1.807) is 0 Å². The summed E-state index contributed by atoms with van der Waals surface area (Å²) in [4.78, 5) is 14.1. The number of esters is 1. The zero-order chi connectivity index (χ0) is 15.8. The summed E-state index contributed by atoms with van der Waals surface area (Å²) in [6.07, 6.45) is 2.84. The monoisotopic (exact) mass is 305 g/mol. The third kappa shape index (κ3) is 5.34. The molecule has 1 fully saturated rings. The lowest BCUT2D eigenvalue weighted by Crippen LogP contribution is -2.37.